The van der Waals surface area contributed by atoms with Crippen LogP contribution in [0.1, 0.15) is 0 Å². The van der Waals surface area contributed by atoms with Crippen molar-refractivity contribution in [1.82, 2.24) is 15.0 Å². The molecule has 0 saturated carbocycles. The van der Waals surface area contributed by atoms with Crippen LogP contribution in [-0.4, -0.2) is 25.4 Å². The zero-order valence-corrected chi connectivity index (χ0v) is 12.1. The van der Waals surface area contributed by atoms with E-state index in [1.54, 1.807) is 18.6 Å². The minimum Gasteiger partial charge on any atom is -0.262 e. The summed E-state index contributed by atoms with van der Waals surface area (Å²) in [5.74, 6) is 0. The Balaban J connectivity index is 2.38. The number of hydrogen-bond donors (Lipinski definition) is 0. The van der Waals surface area contributed by atoms with Crippen LogP contribution in [0.3, 0.4) is 0 Å². The van der Waals surface area contributed by atoms with Gasteiger partial charge in [0.05, 0.1) is 28.2 Å². The molecule has 1 atom stereocenters. The minimum absolute atomic E-state index is 0.150. The molecule has 2 heterocycles. The fraction of sp³-hybridized carbons (Fsp3) is 0.0714. The van der Waals surface area contributed by atoms with Gasteiger partial charge in [0.2, 0.25) is 5.28 Å². The molecular weight excluding hydrogens is 294 g/mol. The zero-order valence-electron chi connectivity index (χ0n) is 10.6. The molecule has 0 radical (unpaired) electrons. The van der Waals surface area contributed by atoms with E-state index in [9.17, 15) is 4.21 Å². The van der Waals surface area contributed by atoms with Crippen LogP contribution in [0, 0.1) is 0 Å². The van der Waals surface area contributed by atoms with Crippen molar-refractivity contribution in [3.63, 3.8) is 0 Å². The van der Waals surface area contributed by atoms with Crippen LogP contribution in [-0.2, 0) is 10.8 Å². The summed E-state index contributed by atoms with van der Waals surface area (Å²) < 4.78 is 11.9. The monoisotopic (exact) mass is 303 g/mol. The molecule has 100 valence electrons. The average molecular weight is 304 g/mol. The minimum atomic E-state index is -1.11. The van der Waals surface area contributed by atoms with Crippen LogP contribution in [0.15, 0.2) is 47.6 Å². The van der Waals surface area contributed by atoms with E-state index in [0.29, 0.717) is 11.2 Å². The van der Waals surface area contributed by atoms with Crippen molar-refractivity contribution in [3.8, 4) is 11.3 Å². The van der Waals surface area contributed by atoms with Crippen LogP contribution in [0.2, 0.25) is 5.28 Å². The summed E-state index contributed by atoms with van der Waals surface area (Å²) in [5, 5.41) is 0.986. The highest BCUT2D eigenvalue weighted by Gasteiger charge is 2.14. The molecule has 1 unspecified atom stereocenters. The topological polar surface area (TPSA) is 55.7 Å². The lowest BCUT2D eigenvalue weighted by Gasteiger charge is -2.09. The predicted molar refractivity (Wildman–Crippen MR) is 80.1 cm³/mol. The molecule has 0 aliphatic carbocycles. The Morgan fingerprint density at radius 2 is 1.95 bits per heavy atom. The van der Waals surface area contributed by atoms with Gasteiger partial charge in [0, 0.05) is 28.3 Å². The smallest absolute Gasteiger partial charge is 0.223 e. The molecule has 0 bridgehead atoms. The molecule has 1 aromatic carbocycles. The molecule has 0 aliphatic heterocycles. The number of benzene rings is 1. The molecule has 6 heteroatoms. The van der Waals surface area contributed by atoms with E-state index in [2.05, 4.69) is 15.0 Å². The lowest BCUT2D eigenvalue weighted by atomic mass is 10.1. The van der Waals surface area contributed by atoms with Crippen molar-refractivity contribution in [1.29, 1.82) is 0 Å². The van der Waals surface area contributed by atoms with Gasteiger partial charge in [-0.1, -0.05) is 18.2 Å². The van der Waals surface area contributed by atoms with Crippen molar-refractivity contribution < 1.29 is 4.21 Å². The van der Waals surface area contributed by atoms with Gasteiger partial charge in [-0.05, 0) is 23.7 Å². The van der Waals surface area contributed by atoms with Gasteiger partial charge >= 0.3 is 0 Å². The molecule has 20 heavy (non-hydrogen) atoms. The van der Waals surface area contributed by atoms with Crippen molar-refractivity contribution in [3.05, 3.63) is 48.0 Å². The van der Waals surface area contributed by atoms with Crippen molar-refractivity contribution in [2.75, 3.05) is 6.26 Å². The number of fused-ring (bicyclic) bond motifs is 1. The second-order valence-electron chi connectivity index (χ2n) is 4.18. The normalized spacial score (nSPS) is 12.5. The maximum absolute atomic E-state index is 11.9. The third-order valence-corrected chi connectivity index (χ3v) is 4.07. The van der Waals surface area contributed by atoms with Crippen molar-refractivity contribution >= 4 is 33.3 Å². The van der Waals surface area contributed by atoms with Crippen LogP contribution in [0.5, 0.6) is 0 Å². The molecule has 0 spiro atoms. The number of halogens is 1. The molecule has 2 aromatic heterocycles. The van der Waals surface area contributed by atoms with Gasteiger partial charge in [-0.2, -0.15) is 0 Å². The number of aromatic nitrogens is 3. The second-order valence-corrected chi connectivity index (χ2v) is 5.87. The van der Waals surface area contributed by atoms with E-state index < -0.39 is 10.8 Å². The standard InChI is InChI=1S/C14H10ClN3OS/c1-20(19)12-5-3-2-4-10(12)13-9-6-7-16-8-11(9)17-14(15)18-13/h2-8H,1H3. The number of hydrogen-bond acceptors (Lipinski definition) is 4. The quantitative estimate of drug-likeness (QED) is 0.683. The van der Waals surface area contributed by atoms with Crippen LogP contribution in [0.25, 0.3) is 22.2 Å². The zero-order chi connectivity index (χ0) is 14.1. The SMILES string of the molecule is CS(=O)c1ccccc1-c1nc(Cl)nc2cnccc12. The highest BCUT2D eigenvalue weighted by atomic mass is 35.5. The van der Waals surface area contributed by atoms with Gasteiger partial charge in [0.25, 0.3) is 0 Å². The van der Waals surface area contributed by atoms with E-state index in [1.807, 2.05) is 30.3 Å². The summed E-state index contributed by atoms with van der Waals surface area (Å²) in [7, 11) is -1.11. The predicted octanol–water partition coefficient (Wildman–Crippen LogP) is 3.08. The molecule has 0 amide bonds. The maximum Gasteiger partial charge on any atom is 0.223 e. The largest absolute Gasteiger partial charge is 0.262 e. The average Bonchev–Trinajstić information content (AvgIpc) is 2.46. The first-order valence-electron chi connectivity index (χ1n) is 5.87. The number of nitrogens with zero attached hydrogens (tertiary/aromatic N) is 3. The molecule has 3 rings (SSSR count). The molecule has 0 N–H and O–H groups in total. The summed E-state index contributed by atoms with van der Waals surface area (Å²) in [6.45, 7) is 0. The Kier molecular flexibility index (Phi) is 3.46. The summed E-state index contributed by atoms with van der Waals surface area (Å²) in [4.78, 5) is 13.2. The second kappa shape index (κ2) is 5.26. The van der Waals surface area contributed by atoms with Crippen LogP contribution in [0.4, 0.5) is 0 Å². The Bertz CT molecular complexity index is 822. The van der Waals surface area contributed by atoms with Crippen molar-refractivity contribution in [2.24, 2.45) is 0 Å². The molecule has 3 aromatic rings. The van der Waals surface area contributed by atoms with E-state index >= 15 is 0 Å². The van der Waals surface area contributed by atoms with E-state index in [-0.39, 0.29) is 5.28 Å². The first-order chi connectivity index (χ1) is 9.66. The molecule has 0 saturated heterocycles. The summed E-state index contributed by atoms with van der Waals surface area (Å²) in [5.41, 5.74) is 2.14. The Morgan fingerprint density at radius 3 is 2.75 bits per heavy atom. The number of rotatable bonds is 2. The molecule has 0 aliphatic rings. The molecule has 0 fully saturated rings. The Morgan fingerprint density at radius 1 is 1.15 bits per heavy atom. The first kappa shape index (κ1) is 13.1. The lowest BCUT2D eigenvalue weighted by molar-refractivity contribution is 0.687. The van der Waals surface area contributed by atoms with Gasteiger partial charge in [0.1, 0.15) is 0 Å². The highest BCUT2D eigenvalue weighted by molar-refractivity contribution is 7.84. The Hall–Kier alpha value is -1.85. The van der Waals surface area contributed by atoms with E-state index in [1.165, 1.54) is 0 Å². The maximum atomic E-state index is 11.9. The number of pyridine rings is 1. The first-order valence-corrected chi connectivity index (χ1v) is 7.80. The fourth-order valence-corrected chi connectivity index (χ4v) is 2.99. The third kappa shape index (κ3) is 2.30. The van der Waals surface area contributed by atoms with Crippen molar-refractivity contribution in [2.45, 2.75) is 4.90 Å². The molecule has 4 nitrogen and oxygen atoms in total. The summed E-state index contributed by atoms with van der Waals surface area (Å²) in [6, 6.07) is 9.28. The van der Waals surface area contributed by atoms with Gasteiger partial charge in [-0.15, -0.1) is 0 Å². The summed E-state index contributed by atoms with van der Waals surface area (Å²) in [6.07, 6.45) is 4.96. The van der Waals surface area contributed by atoms with Gasteiger partial charge in [-0.3, -0.25) is 9.19 Å². The van der Waals surface area contributed by atoms with Crippen LogP contribution < -0.4 is 0 Å². The van der Waals surface area contributed by atoms with Gasteiger partial charge < -0.3 is 0 Å². The van der Waals surface area contributed by atoms with E-state index in [4.69, 9.17) is 11.6 Å². The summed E-state index contributed by atoms with van der Waals surface area (Å²) >= 11 is 5.98. The lowest BCUT2D eigenvalue weighted by Crippen LogP contribution is -1.96. The van der Waals surface area contributed by atoms with Gasteiger partial charge in [0.15, 0.2) is 0 Å². The fourth-order valence-electron chi connectivity index (χ4n) is 2.07. The Labute approximate surface area is 123 Å². The van der Waals surface area contributed by atoms with Gasteiger partial charge in [-0.25, -0.2) is 9.97 Å². The van der Waals surface area contributed by atoms with Crippen LogP contribution >= 0.6 is 11.6 Å². The molecular formula is C14H10ClN3OS. The third-order valence-electron chi connectivity index (χ3n) is 2.92. The van der Waals surface area contributed by atoms with E-state index in [0.717, 1.165) is 15.8 Å². The highest BCUT2D eigenvalue weighted by Crippen LogP contribution is 2.30.